The minimum absolute atomic E-state index is 0.0314. The van der Waals surface area contributed by atoms with Crippen LogP contribution in [0.15, 0.2) is 72.8 Å². The SMILES string of the molecule is COc1ccc(-c2n[nH]c(-c3ccc([N+](=O)[O-])cc3)c2-c2nc3ccccc3[nH]2)cc1. The van der Waals surface area contributed by atoms with Gasteiger partial charge < -0.3 is 9.72 Å². The smallest absolute Gasteiger partial charge is 0.269 e. The maximum absolute atomic E-state index is 11.0. The molecule has 8 nitrogen and oxygen atoms in total. The van der Waals surface area contributed by atoms with Gasteiger partial charge in [-0.25, -0.2) is 4.98 Å². The molecule has 5 rings (SSSR count). The van der Waals surface area contributed by atoms with E-state index in [0.717, 1.165) is 44.9 Å². The van der Waals surface area contributed by atoms with Crippen LogP contribution in [-0.2, 0) is 0 Å². The van der Waals surface area contributed by atoms with E-state index in [2.05, 4.69) is 15.2 Å². The fourth-order valence-electron chi connectivity index (χ4n) is 3.56. The van der Waals surface area contributed by atoms with Crippen molar-refractivity contribution in [1.82, 2.24) is 20.2 Å². The highest BCUT2D eigenvalue weighted by molar-refractivity contribution is 5.92. The maximum atomic E-state index is 11.0. The number of imidazole rings is 1. The van der Waals surface area contributed by atoms with E-state index in [1.807, 2.05) is 48.5 Å². The number of H-pyrrole nitrogens is 2. The van der Waals surface area contributed by atoms with Gasteiger partial charge >= 0.3 is 0 Å². The average molecular weight is 411 g/mol. The molecular formula is C23H17N5O3. The summed E-state index contributed by atoms with van der Waals surface area (Å²) in [5.41, 5.74) is 5.67. The summed E-state index contributed by atoms with van der Waals surface area (Å²) in [6.45, 7) is 0. The minimum Gasteiger partial charge on any atom is -0.497 e. The van der Waals surface area contributed by atoms with Gasteiger partial charge in [0.05, 0.1) is 34.3 Å². The van der Waals surface area contributed by atoms with Crippen molar-refractivity contribution in [3.05, 3.63) is 82.9 Å². The van der Waals surface area contributed by atoms with E-state index in [4.69, 9.17) is 9.72 Å². The number of nitrogens with one attached hydrogen (secondary N) is 2. The van der Waals surface area contributed by atoms with Crippen LogP contribution in [-0.4, -0.2) is 32.2 Å². The molecule has 31 heavy (non-hydrogen) atoms. The number of fused-ring (bicyclic) bond motifs is 1. The molecule has 0 aliphatic carbocycles. The molecule has 0 radical (unpaired) electrons. The van der Waals surface area contributed by atoms with Crippen LogP contribution in [0.2, 0.25) is 0 Å². The van der Waals surface area contributed by atoms with Gasteiger partial charge in [0.2, 0.25) is 0 Å². The van der Waals surface area contributed by atoms with Crippen LogP contribution in [0, 0.1) is 10.1 Å². The Labute approximate surface area is 176 Å². The quantitative estimate of drug-likeness (QED) is 0.305. The highest BCUT2D eigenvalue weighted by Gasteiger charge is 2.21. The summed E-state index contributed by atoms with van der Waals surface area (Å²) in [5.74, 6) is 1.41. The van der Waals surface area contributed by atoms with Crippen LogP contribution >= 0.6 is 0 Å². The fraction of sp³-hybridized carbons (Fsp3) is 0.0435. The van der Waals surface area contributed by atoms with Crippen molar-refractivity contribution >= 4 is 16.7 Å². The van der Waals surface area contributed by atoms with Crippen LogP contribution in [0.4, 0.5) is 5.69 Å². The number of aromatic nitrogens is 4. The second kappa shape index (κ2) is 7.42. The summed E-state index contributed by atoms with van der Waals surface area (Å²) < 4.78 is 5.26. The third-order valence-corrected chi connectivity index (χ3v) is 5.12. The Morgan fingerprint density at radius 1 is 0.935 bits per heavy atom. The number of non-ortho nitro benzene ring substituents is 1. The number of nitrogens with zero attached hydrogens (tertiary/aromatic N) is 3. The second-order valence-corrected chi connectivity index (χ2v) is 6.96. The molecule has 0 saturated heterocycles. The molecule has 2 heterocycles. The van der Waals surface area contributed by atoms with E-state index in [9.17, 15) is 10.1 Å². The lowest BCUT2D eigenvalue weighted by Crippen LogP contribution is -1.90. The van der Waals surface area contributed by atoms with Crippen molar-refractivity contribution in [3.63, 3.8) is 0 Å². The number of aromatic amines is 2. The molecule has 0 aliphatic rings. The third-order valence-electron chi connectivity index (χ3n) is 5.12. The number of rotatable bonds is 5. The zero-order valence-electron chi connectivity index (χ0n) is 16.5. The van der Waals surface area contributed by atoms with Crippen molar-refractivity contribution in [2.24, 2.45) is 0 Å². The number of hydrogen-bond donors (Lipinski definition) is 2. The number of benzene rings is 3. The van der Waals surface area contributed by atoms with Gasteiger partial charge in [0.25, 0.3) is 5.69 Å². The standard InChI is InChI=1S/C23H17N5O3/c1-31-17-12-8-15(9-13-17)22-20(23-24-18-4-2-3-5-19(18)25-23)21(26-27-22)14-6-10-16(11-7-14)28(29)30/h2-13H,1H3,(H,24,25)(H,26,27). The van der Waals surface area contributed by atoms with E-state index in [1.54, 1.807) is 19.2 Å². The average Bonchev–Trinajstić information content (AvgIpc) is 3.43. The topological polar surface area (TPSA) is 110 Å². The summed E-state index contributed by atoms with van der Waals surface area (Å²) in [5, 5.41) is 18.7. The molecule has 0 atom stereocenters. The van der Waals surface area contributed by atoms with Gasteiger partial charge in [-0.15, -0.1) is 0 Å². The summed E-state index contributed by atoms with van der Waals surface area (Å²) in [7, 11) is 1.62. The van der Waals surface area contributed by atoms with E-state index < -0.39 is 4.92 Å². The number of nitro groups is 1. The van der Waals surface area contributed by atoms with Crippen LogP contribution in [0.1, 0.15) is 0 Å². The zero-order valence-corrected chi connectivity index (χ0v) is 16.5. The van der Waals surface area contributed by atoms with Gasteiger partial charge in [-0.2, -0.15) is 5.10 Å². The number of hydrogen-bond acceptors (Lipinski definition) is 5. The predicted octanol–water partition coefficient (Wildman–Crippen LogP) is 5.20. The number of methoxy groups -OCH3 is 1. The lowest BCUT2D eigenvalue weighted by Gasteiger charge is -2.05. The van der Waals surface area contributed by atoms with E-state index in [0.29, 0.717) is 5.82 Å². The number of ether oxygens (including phenoxy) is 1. The van der Waals surface area contributed by atoms with Gasteiger partial charge in [0.15, 0.2) is 0 Å². The Balaban J connectivity index is 1.71. The molecule has 2 N–H and O–H groups in total. The molecule has 0 bridgehead atoms. The van der Waals surface area contributed by atoms with Crippen LogP contribution in [0.5, 0.6) is 5.75 Å². The van der Waals surface area contributed by atoms with E-state index >= 15 is 0 Å². The second-order valence-electron chi connectivity index (χ2n) is 6.96. The Kier molecular flexibility index (Phi) is 4.44. The first kappa shape index (κ1) is 18.6. The highest BCUT2D eigenvalue weighted by atomic mass is 16.6. The van der Waals surface area contributed by atoms with Gasteiger partial charge in [0.1, 0.15) is 17.3 Å². The highest BCUT2D eigenvalue weighted by Crippen LogP contribution is 2.38. The first-order valence-electron chi connectivity index (χ1n) is 9.57. The van der Waals surface area contributed by atoms with Gasteiger partial charge in [-0.3, -0.25) is 15.2 Å². The molecule has 0 amide bonds. The van der Waals surface area contributed by atoms with Crippen molar-refractivity contribution in [2.75, 3.05) is 7.11 Å². The molecule has 0 fully saturated rings. The molecule has 8 heteroatoms. The van der Waals surface area contributed by atoms with Crippen molar-refractivity contribution < 1.29 is 9.66 Å². The molecule has 3 aromatic carbocycles. The number of nitro benzene ring substituents is 1. The molecule has 0 aliphatic heterocycles. The van der Waals surface area contributed by atoms with Crippen LogP contribution in [0.3, 0.4) is 0 Å². The Morgan fingerprint density at radius 3 is 2.32 bits per heavy atom. The number of para-hydroxylation sites is 2. The van der Waals surface area contributed by atoms with Crippen LogP contribution < -0.4 is 4.74 Å². The fourth-order valence-corrected chi connectivity index (χ4v) is 3.56. The van der Waals surface area contributed by atoms with Crippen molar-refractivity contribution in [2.45, 2.75) is 0 Å². The summed E-state index contributed by atoms with van der Waals surface area (Å²) in [6.07, 6.45) is 0. The molecular weight excluding hydrogens is 394 g/mol. The molecule has 152 valence electrons. The summed E-state index contributed by atoms with van der Waals surface area (Å²) >= 11 is 0. The molecule has 0 spiro atoms. The first-order chi connectivity index (χ1) is 15.1. The third kappa shape index (κ3) is 3.29. The molecule has 0 unspecified atom stereocenters. The summed E-state index contributed by atoms with van der Waals surface area (Å²) in [4.78, 5) is 18.7. The lowest BCUT2D eigenvalue weighted by atomic mass is 10.0. The van der Waals surface area contributed by atoms with Crippen molar-refractivity contribution in [3.8, 4) is 39.7 Å². The van der Waals surface area contributed by atoms with Gasteiger partial charge in [0, 0.05) is 23.3 Å². The van der Waals surface area contributed by atoms with Gasteiger partial charge in [-0.05, 0) is 48.5 Å². The first-order valence-corrected chi connectivity index (χ1v) is 9.57. The van der Waals surface area contributed by atoms with E-state index in [1.165, 1.54) is 12.1 Å². The molecule has 2 aromatic heterocycles. The van der Waals surface area contributed by atoms with E-state index in [-0.39, 0.29) is 5.69 Å². The Morgan fingerprint density at radius 2 is 1.65 bits per heavy atom. The zero-order chi connectivity index (χ0) is 21.4. The lowest BCUT2D eigenvalue weighted by molar-refractivity contribution is -0.384. The Hall–Kier alpha value is -4.46. The summed E-state index contributed by atoms with van der Waals surface area (Å²) in [6, 6.07) is 21.8. The monoisotopic (exact) mass is 411 g/mol. The normalized spacial score (nSPS) is 11.0. The van der Waals surface area contributed by atoms with Crippen LogP contribution in [0.25, 0.3) is 44.9 Å². The maximum Gasteiger partial charge on any atom is 0.269 e. The minimum atomic E-state index is -0.417. The largest absolute Gasteiger partial charge is 0.497 e. The Bertz CT molecular complexity index is 1350. The van der Waals surface area contributed by atoms with Crippen molar-refractivity contribution in [1.29, 1.82) is 0 Å². The predicted molar refractivity (Wildman–Crippen MR) is 118 cm³/mol. The molecule has 0 saturated carbocycles. The van der Waals surface area contributed by atoms with Gasteiger partial charge in [-0.1, -0.05) is 12.1 Å². The molecule has 5 aromatic rings.